The van der Waals surface area contributed by atoms with E-state index in [9.17, 15) is 9.90 Å². The van der Waals surface area contributed by atoms with Crippen molar-refractivity contribution in [1.82, 2.24) is 0 Å². The number of halogens is 2. The predicted octanol–water partition coefficient (Wildman–Crippen LogP) is 4.21. The molecule has 18 heavy (non-hydrogen) atoms. The number of aromatic hydroxyl groups is 1. The van der Waals surface area contributed by atoms with Gasteiger partial charge in [0.2, 0.25) is 0 Å². The van der Waals surface area contributed by atoms with E-state index >= 15 is 0 Å². The van der Waals surface area contributed by atoms with E-state index in [0.29, 0.717) is 19.8 Å². The lowest BCUT2D eigenvalue weighted by molar-refractivity contribution is 0.0600. The third kappa shape index (κ3) is 2.61. The van der Waals surface area contributed by atoms with Crippen LogP contribution in [-0.4, -0.2) is 18.2 Å². The van der Waals surface area contributed by atoms with E-state index in [4.69, 9.17) is 23.2 Å². The molecule has 0 bridgehead atoms. The Labute approximate surface area is 118 Å². The molecule has 3 nitrogen and oxygen atoms in total. The van der Waals surface area contributed by atoms with Crippen LogP contribution < -0.4 is 0 Å². The van der Waals surface area contributed by atoms with E-state index < -0.39 is 5.97 Å². The maximum Gasteiger partial charge on any atom is 0.338 e. The van der Waals surface area contributed by atoms with E-state index in [0.717, 1.165) is 0 Å². The zero-order chi connectivity index (χ0) is 13.3. The highest BCUT2D eigenvalue weighted by atomic mass is 35.5. The molecular formula is C12H8Cl2O3S. The summed E-state index contributed by atoms with van der Waals surface area (Å²) in [6.45, 7) is 0. The van der Waals surface area contributed by atoms with Crippen molar-refractivity contribution in [2.45, 2.75) is 0 Å². The lowest BCUT2D eigenvalue weighted by Gasteiger charge is -2.05. The van der Waals surface area contributed by atoms with Gasteiger partial charge in [-0.15, -0.1) is 11.3 Å². The summed E-state index contributed by atoms with van der Waals surface area (Å²) in [7, 11) is 1.28. The Hall–Kier alpha value is -1.23. The molecule has 0 fully saturated rings. The number of esters is 1. The van der Waals surface area contributed by atoms with Crippen LogP contribution in [0.4, 0.5) is 0 Å². The van der Waals surface area contributed by atoms with Gasteiger partial charge in [-0.3, -0.25) is 0 Å². The lowest BCUT2D eigenvalue weighted by Crippen LogP contribution is -2.00. The number of benzene rings is 1. The summed E-state index contributed by atoms with van der Waals surface area (Å²) >= 11 is 13.1. The number of hydrogen-bond donors (Lipinski definition) is 1. The van der Waals surface area contributed by atoms with E-state index in [1.54, 1.807) is 12.1 Å². The number of carbonyl (C=O) groups is 1. The molecule has 0 aliphatic carbocycles. The molecule has 6 heteroatoms. The number of hydrogen-bond acceptors (Lipinski definition) is 4. The van der Waals surface area contributed by atoms with Crippen molar-refractivity contribution in [3.05, 3.63) is 38.5 Å². The largest absolute Gasteiger partial charge is 0.508 e. The average molecular weight is 303 g/mol. The van der Waals surface area contributed by atoms with E-state index in [-0.39, 0.29) is 11.3 Å². The van der Waals surface area contributed by atoms with Crippen LogP contribution in [0.3, 0.4) is 0 Å². The van der Waals surface area contributed by atoms with Gasteiger partial charge in [-0.25, -0.2) is 4.79 Å². The molecule has 1 heterocycles. The second-order valence-corrected chi connectivity index (χ2v) is 5.78. The number of methoxy groups -OCH3 is 1. The molecule has 1 aromatic heterocycles. The summed E-state index contributed by atoms with van der Waals surface area (Å²) in [6.07, 6.45) is 0. The zero-order valence-corrected chi connectivity index (χ0v) is 11.6. The molecule has 0 saturated carbocycles. The van der Waals surface area contributed by atoms with Gasteiger partial charge in [0.1, 0.15) is 10.1 Å². The third-order valence-electron chi connectivity index (χ3n) is 2.31. The van der Waals surface area contributed by atoms with Crippen LogP contribution in [-0.2, 0) is 4.74 Å². The molecule has 0 atom stereocenters. The van der Waals surface area contributed by atoms with Gasteiger partial charge in [0.05, 0.1) is 17.0 Å². The minimum absolute atomic E-state index is 0.0358. The van der Waals surface area contributed by atoms with Crippen molar-refractivity contribution < 1.29 is 14.6 Å². The number of phenolic OH excluding ortho intramolecular Hbond substituents is 1. The lowest BCUT2D eigenvalue weighted by atomic mass is 10.1. The summed E-state index contributed by atoms with van der Waals surface area (Å²) in [5, 5.41) is 9.62. The molecule has 2 rings (SSSR count). The molecule has 94 valence electrons. The minimum Gasteiger partial charge on any atom is -0.508 e. The molecule has 1 aromatic carbocycles. The first-order chi connectivity index (χ1) is 8.51. The van der Waals surface area contributed by atoms with Crippen LogP contribution in [0.5, 0.6) is 5.75 Å². The van der Waals surface area contributed by atoms with Crippen LogP contribution in [0.1, 0.15) is 10.4 Å². The maximum atomic E-state index is 11.4. The molecule has 0 aliphatic rings. The first kappa shape index (κ1) is 13.2. The Morgan fingerprint density at radius 1 is 1.28 bits per heavy atom. The minimum atomic E-state index is -0.524. The molecule has 0 unspecified atom stereocenters. The molecule has 2 aromatic rings. The molecular weight excluding hydrogens is 295 g/mol. The van der Waals surface area contributed by atoms with E-state index in [1.165, 1.54) is 30.6 Å². The Morgan fingerprint density at radius 2 is 2.00 bits per heavy atom. The molecule has 1 N–H and O–H groups in total. The van der Waals surface area contributed by atoms with E-state index in [1.807, 2.05) is 0 Å². The Balaban J connectivity index is 2.55. The van der Waals surface area contributed by atoms with Gasteiger partial charge in [0.15, 0.2) is 0 Å². The highest BCUT2D eigenvalue weighted by Gasteiger charge is 2.13. The van der Waals surface area contributed by atoms with Gasteiger partial charge in [-0.05, 0) is 29.8 Å². The summed E-state index contributed by atoms with van der Waals surface area (Å²) in [6, 6.07) is 6.12. The van der Waals surface area contributed by atoms with Gasteiger partial charge in [0, 0.05) is 5.56 Å². The molecule has 0 saturated heterocycles. The molecule has 0 spiro atoms. The van der Waals surface area contributed by atoms with Gasteiger partial charge >= 0.3 is 5.97 Å². The van der Waals surface area contributed by atoms with Gasteiger partial charge in [-0.1, -0.05) is 23.2 Å². The van der Waals surface area contributed by atoms with E-state index in [2.05, 4.69) is 4.74 Å². The van der Waals surface area contributed by atoms with Gasteiger partial charge in [-0.2, -0.15) is 0 Å². The van der Waals surface area contributed by atoms with Crippen LogP contribution >= 0.6 is 34.5 Å². The van der Waals surface area contributed by atoms with Crippen molar-refractivity contribution in [1.29, 1.82) is 0 Å². The standard InChI is InChI=1S/C12H8Cl2O3S/c1-17-12(16)7-2-6(3-8(15)4-7)9-5-10(13)18-11(9)14/h2-5,15H,1H3. The number of rotatable bonds is 2. The quantitative estimate of drug-likeness (QED) is 0.845. The summed E-state index contributed by atoms with van der Waals surface area (Å²) in [5.74, 6) is -0.559. The van der Waals surface area contributed by atoms with Crippen LogP contribution in [0.25, 0.3) is 11.1 Å². The van der Waals surface area contributed by atoms with Crippen LogP contribution in [0, 0.1) is 0 Å². The monoisotopic (exact) mass is 302 g/mol. The average Bonchev–Trinajstić information content (AvgIpc) is 2.66. The second-order valence-electron chi connectivity index (χ2n) is 3.50. The van der Waals surface area contributed by atoms with Crippen molar-refractivity contribution >= 4 is 40.5 Å². The second kappa shape index (κ2) is 5.18. The number of phenols is 1. The zero-order valence-electron chi connectivity index (χ0n) is 9.24. The van der Waals surface area contributed by atoms with Crippen molar-refractivity contribution in [2.75, 3.05) is 7.11 Å². The molecule has 0 amide bonds. The Morgan fingerprint density at radius 3 is 2.56 bits per heavy atom. The summed E-state index contributed by atoms with van der Waals surface area (Å²) < 4.78 is 5.65. The predicted molar refractivity (Wildman–Crippen MR) is 72.8 cm³/mol. The smallest absolute Gasteiger partial charge is 0.338 e. The summed E-state index contributed by atoms with van der Waals surface area (Å²) in [5.41, 5.74) is 1.54. The maximum absolute atomic E-state index is 11.4. The van der Waals surface area contributed by atoms with Gasteiger partial charge < -0.3 is 9.84 Å². The fraction of sp³-hybridized carbons (Fsp3) is 0.0833. The topological polar surface area (TPSA) is 46.5 Å². The highest BCUT2D eigenvalue weighted by molar-refractivity contribution is 7.20. The number of carbonyl (C=O) groups excluding carboxylic acids is 1. The number of thiophene rings is 1. The SMILES string of the molecule is COC(=O)c1cc(O)cc(-c2cc(Cl)sc2Cl)c1. The van der Waals surface area contributed by atoms with Crippen molar-refractivity contribution in [3.63, 3.8) is 0 Å². The third-order valence-corrected chi connectivity index (χ3v) is 3.79. The normalized spacial score (nSPS) is 10.4. The van der Waals surface area contributed by atoms with Crippen LogP contribution in [0.2, 0.25) is 8.67 Å². The highest BCUT2D eigenvalue weighted by Crippen LogP contribution is 2.39. The van der Waals surface area contributed by atoms with Crippen LogP contribution in [0.15, 0.2) is 24.3 Å². The van der Waals surface area contributed by atoms with Crippen molar-refractivity contribution in [2.24, 2.45) is 0 Å². The number of ether oxygens (including phenoxy) is 1. The Kier molecular flexibility index (Phi) is 3.80. The first-order valence-electron chi connectivity index (χ1n) is 4.89. The Bertz CT molecular complexity index is 607. The molecule has 0 aliphatic heterocycles. The fourth-order valence-corrected chi connectivity index (χ4v) is 3.05. The summed E-state index contributed by atoms with van der Waals surface area (Å²) in [4.78, 5) is 11.4. The van der Waals surface area contributed by atoms with Gasteiger partial charge in [0.25, 0.3) is 0 Å². The first-order valence-corrected chi connectivity index (χ1v) is 6.46. The molecule has 0 radical (unpaired) electrons. The fourth-order valence-electron chi connectivity index (χ4n) is 1.54. The van der Waals surface area contributed by atoms with Crippen molar-refractivity contribution in [3.8, 4) is 16.9 Å².